The van der Waals surface area contributed by atoms with E-state index < -0.39 is 8.32 Å². The Morgan fingerprint density at radius 1 is 0.824 bits per heavy atom. The van der Waals surface area contributed by atoms with Crippen molar-refractivity contribution < 1.29 is 4.43 Å². The van der Waals surface area contributed by atoms with E-state index in [1.165, 1.54) is 43.8 Å². The highest BCUT2D eigenvalue weighted by Crippen LogP contribution is 2.29. The summed E-state index contributed by atoms with van der Waals surface area (Å²) < 4.78 is 6.37. The molecule has 0 aromatic carbocycles. The second-order valence-electron chi connectivity index (χ2n) is 5.03. The van der Waals surface area contributed by atoms with Gasteiger partial charge in [0.25, 0.3) is 0 Å². The van der Waals surface area contributed by atoms with Gasteiger partial charge in [0.15, 0.2) is 8.32 Å². The summed E-state index contributed by atoms with van der Waals surface area (Å²) in [6, 6.07) is 3.97. The van der Waals surface area contributed by atoms with Gasteiger partial charge in [0.2, 0.25) is 0 Å². The van der Waals surface area contributed by atoms with Gasteiger partial charge >= 0.3 is 0 Å². The first-order chi connectivity index (χ1) is 8.24. The zero-order valence-corrected chi connectivity index (χ0v) is 13.8. The molecule has 0 radical (unpaired) electrons. The molecule has 0 aromatic heterocycles. The van der Waals surface area contributed by atoms with Crippen LogP contribution in [0.3, 0.4) is 0 Å². The van der Waals surface area contributed by atoms with Gasteiger partial charge in [-0.25, -0.2) is 0 Å². The molecule has 0 atom stereocenters. The highest BCUT2D eigenvalue weighted by atomic mass is 35.5. The standard InChI is InChI=1S/C14H31ClOSi/c1-4-7-12-17(13-8-5-2,14-9-10-15)16-11-6-3/h4-14H2,1-3H3. The third-order valence-electron chi connectivity index (χ3n) is 3.35. The van der Waals surface area contributed by atoms with Gasteiger partial charge in [-0.15, -0.1) is 11.6 Å². The van der Waals surface area contributed by atoms with Crippen LogP contribution >= 0.6 is 11.6 Å². The van der Waals surface area contributed by atoms with Crippen LogP contribution in [0.2, 0.25) is 18.1 Å². The lowest BCUT2D eigenvalue weighted by Gasteiger charge is -2.31. The van der Waals surface area contributed by atoms with Gasteiger partial charge in [0.05, 0.1) is 0 Å². The van der Waals surface area contributed by atoms with E-state index in [9.17, 15) is 0 Å². The van der Waals surface area contributed by atoms with Gasteiger partial charge < -0.3 is 4.43 Å². The van der Waals surface area contributed by atoms with Crippen molar-refractivity contribution in [3.8, 4) is 0 Å². The molecular formula is C14H31ClOSi. The molecule has 0 spiro atoms. The molecule has 0 heterocycles. The van der Waals surface area contributed by atoms with E-state index in [2.05, 4.69) is 20.8 Å². The Hall–Kier alpha value is 0.467. The molecule has 0 saturated carbocycles. The topological polar surface area (TPSA) is 9.23 Å². The van der Waals surface area contributed by atoms with Crippen LogP contribution in [0.25, 0.3) is 0 Å². The van der Waals surface area contributed by atoms with E-state index in [4.69, 9.17) is 16.0 Å². The molecule has 104 valence electrons. The minimum atomic E-state index is -1.46. The quantitative estimate of drug-likeness (QED) is 0.334. The first-order valence-corrected chi connectivity index (χ1v) is 10.5. The second-order valence-corrected chi connectivity index (χ2v) is 9.56. The summed E-state index contributed by atoms with van der Waals surface area (Å²) in [5.41, 5.74) is 0. The summed E-state index contributed by atoms with van der Waals surface area (Å²) >= 11 is 5.88. The molecule has 0 aliphatic rings. The molecule has 3 heteroatoms. The average Bonchev–Trinajstić information content (AvgIpc) is 2.37. The minimum Gasteiger partial charge on any atom is -0.417 e. The Bertz CT molecular complexity index is 127. The predicted octanol–water partition coefficient (Wildman–Crippen LogP) is 5.59. The van der Waals surface area contributed by atoms with Gasteiger partial charge in [0, 0.05) is 12.5 Å². The summed E-state index contributed by atoms with van der Waals surface area (Å²) in [5.74, 6) is 0.794. The number of hydrogen-bond acceptors (Lipinski definition) is 1. The number of unbranched alkanes of at least 4 members (excludes halogenated alkanes) is 2. The number of alkyl halides is 1. The summed E-state index contributed by atoms with van der Waals surface area (Å²) in [6.45, 7) is 7.73. The number of halogens is 1. The molecule has 0 aromatic rings. The first-order valence-electron chi connectivity index (χ1n) is 7.44. The lowest BCUT2D eigenvalue weighted by Crippen LogP contribution is -2.38. The van der Waals surface area contributed by atoms with Gasteiger partial charge in [0.1, 0.15) is 0 Å². The fourth-order valence-corrected chi connectivity index (χ4v) is 7.29. The van der Waals surface area contributed by atoms with Crippen molar-refractivity contribution in [2.45, 2.75) is 77.4 Å². The summed E-state index contributed by atoms with van der Waals surface area (Å²) in [4.78, 5) is 0. The van der Waals surface area contributed by atoms with E-state index in [-0.39, 0.29) is 0 Å². The fourth-order valence-electron chi connectivity index (χ4n) is 2.30. The lowest BCUT2D eigenvalue weighted by molar-refractivity contribution is 0.294. The second kappa shape index (κ2) is 11.6. The zero-order valence-electron chi connectivity index (χ0n) is 12.1. The number of hydrogen-bond donors (Lipinski definition) is 0. The highest BCUT2D eigenvalue weighted by Gasteiger charge is 2.32. The van der Waals surface area contributed by atoms with Crippen molar-refractivity contribution in [3.05, 3.63) is 0 Å². The van der Waals surface area contributed by atoms with Crippen molar-refractivity contribution in [1.29, 1.82) is 0 Å². The van der Waals surface area contributed by atoms with Crippen LogP contribution in [-0.2, 0) is 4.43 Å². The maximum atomic E-state index is 6.37. The molecule has 0 N–H and O–H groups in total. The Balaban J connectivity index is 4.39. The van der Waals surface area contributed by atoms with Crippen LogP contribution in [0.1, 0.15) is 59.3 Å². The molecule has 0 rings (SSSR count). The molecular weight excluding hydrogens is 248 g/mol. The molecule has 0 unspecified atom stereocenters. The van der Waals surface area contributed by atoms with Crippen LogP contribution in [0.5, 0.6) is 0 Å². The molecule has 0 amide bonds. The summed E-state index contributed by atoms with van der Waals surface area (Å²) in [6.07, 6.45) is 7.54. The van der Waals surface area contributed by atoms with E-state index in [0.717, 1.165) is 25.3 Å². The van der Waals surface area contributed by atoms with Crippen LogP contribution < -0.4 is 0 Å². The largest absolute Gasteiger partial charge is 0.417 e. The summed E-state index contributed by atoms with van der Waals surface area (Å²) in [7, 11) is -1.46. The maximum absolute atomic E-state index is 6.37. The fraction of sp³-hybridized carbons (Fsp3) is 1.00. The van der Waals surface area contributed by atoms with Gasteiger partial charge in [-0.3, -0.25) is 0 Å². The van der Waals surface area contributed by atoms with Crippen LogP contribution in [0.4, 0.5) is 0 Å². The van der Waals surface area contributed by atoms with Crippen molar-refractivity contribution >= 4 is 19.9 Å². The molecule has 1 nitrogen and oxygen atoms in total. The molecule has 0 aliphatic heterocycles. The normalized spacial score (nSPS) is 12.0. The predicted molar refractivity (Wildman–Crippen MR) is 81.6 cm³/mol. The van der Waals surface area contributed by atoms with Crippen LogP contribution in [-0.4, -0.2) is 20.8 Å². The average molecular weight is 279 g/mol. The first kappa shape index (κ1) is 17.5. The molecule has 0 saturated heterocycles. The monoisotopic (exact) mass is 278 g/mol. The van der Waals surface area contributed by atoms with Crippen molar-refractivity contribution in [3.63, 3.8) is 0 Å². The van der Waals surface area contributed by atoms with Gasteiger partial charge in [-0.05, 0) is 31.0 Å². The maximum Gasteiger partial charge on any atom is 0.192 e. The van der Waals surface area contributed by atoms with E-state index in [1.807, 2.05) is 0 Å². The van der Waals surface area contributed by atoms with E-state index in [0.29, 0.717) is 0 Å². The van der Waals surface area contributed by atoms with E-state index >= 15 is 0 Å². The third kappa shape index (κ3) is 8.23. The van der Waals surface area contributed by atoms with Crippen LogP contribution in [0, 0.1) is 0 Å². The Labute approximate surface area is 114 Å². The molecule has 0 fully saturated rings. The van der Waals surface area contributed by atoms with Crippen LogP contribution in [0.15, 0.2) is 0 Å². The lowest BCUT2D eigenvalue weighted by atomic mass is 10.4. The zero-order chi connectivity index (χ0) is 13.0. The Morgan fingerprint density at radius 2 is 1.35 bits per heavy atom. The van der Waals surface area contributed by atoms with Gasteiger partial charge in [-0.2, -0.15) is 0 Å². The molecule has 17 heavy (non-hydrogen) atoms. The Morgan fingerprint density at radius 3 is 1.76 bits per heavy atom. The number of rotatable bonds is 12. The minimum absolute atomic E-state index is 0.794. The highest BCUT2D eigenvalue weighted by molar-refractivity contribution is 6.73. The van der Waals surface area contributed by atoms with E-state index in [1.54, 1.807) is 0 Å². The smallest absolute Gasteiger partial charge is 0.192 e. The van der Waals surface area contributed by atoms with Crippen molar-refractivity contribution in [2.24, 2.45) is 0 Å². The molecule has 0 bridgehead atoms. The van der Waals surface area contributed by atoms with Crippen molar-refractivity contribution in [2.75, 3.05) is 12.5 Å². The molecule has 0 aliphatic carbocycles. The SMILES string of the molecule is CCCC[Si](CCCC)(CCCCl)OCCC. The van der Waals surface area contributed by atoms with Crippen molar-refractivity contribution in [1.82, 2.24) is 0 Å². The third-order valence-corrected chi connectivity index (χ3v) is 8.23. The van der Waals surface area contributed by atoms with Gasteiger partial charge in [-0.1, -0.05) is 46.5 Å². The Kier molecular flexibility index (Phi) is 11.9. The summed E-state index contributed by atoms with van der Waals surface area (Å²) in [5, 5.41) is 0.